The highest BCUT2D eigenvalue weighted by molar-refractivity contribution is 6.32. The van der Waals surface area contributed by atoms with Gasteiger partial charge in [-0.2, -0.15) is 5.26 Å². The smallest absolute Gasteiger partial charge is 0.141 e. The van der Waals surface area contributed by atoms with Crippen molar-refractivity contribution in [2.45, 2.75) is 0 Å². The first kappa shape index (κ1) is 16.2. The lowest BCUT2D eigenvalue weighted by Gasteiger charge is -2.10. The number of methoxy groups -OCH3 is 2. The molecule has 0 unspecified atom stereocenters. The van der Waals surface area contributed by atoms with Crippen LogP contribution in [-0.2, 0) is 0 Å². The maximum atomic E-state index is 9.39. The maximum absolute atomic E-state index is 9.39. The summed E-state index contributed by atoms with van der Waals surface area (Å²) in [6.45, 7) is 0. The van der Waals surface area contributed by atoms with E-state index in [1.807, 2.05) is 0 Å². The SMILES string of the molecule is COc1cc(OC)c(/C=C(\C#N)c2ccc(Cl)cc2)cc1Cl. The summed E-state index contributed by atoms with van der Waals surface area (Å²) >= 11 is 12.0. The minimum absolute atomic E-state index is 0.447. The van der Waals surface area contributed by atoms with E-state index in [2.05, 4.69) is 6.07 Å². The zero-order valence-electron chi connectivity index (χ0n) is 12.1. The van der Waals surface area contributed by atoms with Gasteiger partial charge in [-0.05, 0) is 29.8 Å². The molecule has 0 saturated heterocycles. The normalized spacial score (nSPS) is 11.0. The van der Waals surface area contributed by atoms with Gasteiger partial charge in [0.05, 0.1) is 30.9 Å². The summed E-state index contributed by atoms with van der Waals surface area (Å²) in [6, 6.07) is 12.6. The summed E-state index contributed by atoms with van der Waals surface area (Å²) in [5, 5.41) is 10.5. The molecule has 0 aromatic heterocycles. The molecule has 0 aliphatic rings. The lowest BCUT2D eigenvalue weighted by Crippen LogP contribution is -1.92. The van der Waals surface area contributed by atoms with Crippen molar-refractivity contribution in [3.63, 3.8) is 0 Å². The summed E-state index contributed by atoms with van der Waals surface area (Å²) in [7, 11) is 3.08. The second-order valence-corrected chi connectivity index (χ2v) is 5.25. The van der Waals surface area contributed by atoms with E-state index >= 15 is 0 Å². The van der Waals surface area contributed by atoms with E-state index < -0.39 is 0 Å². The van der Waals surface area contributed by atoms with Crippen molar-refractivity contribution < 1.29 is 9.47 Å². The fraction of sp³-hybridized carbons (Fsp3) is 0.118. The number of ether oxygens (including phenoxy) is 2. The highest BCUT2D eigenvalue weighted by Gasteiger charge is 2.10. The predicted octanol–water partition coefficient (Wildman–Crippen LogP) is 5.07. The molecule has 2 rings (SSSR count). The van der Waals surface area contributed by atoms with Crippen LogP contribution in [0.2, 0.25) is 10.0 Å². The van der Waals surface area contributed by atoms with Gasteiger partial charge in [-0.3, -0.25) is 0 Å². The van der Waals surface area contributed by atoms with Crippen molar-refractivity contribution in [3.05, 3.63) is 57.6 Å². The van der Waals surface area contributed by atoms with Crippen molar-refractivity contribution in [1.29, 1.82) is 5.26 Å². The molecule has 112 valence electrons. The van der Waals surface area contributed by atoms with E-state index in [4.69, 9.17) is 32.7 Å². The van der Waals surface area contributed by atoms with Gasteiger partial charge in [0.25, 0.3) is 0 Å². The Balaban J connectivity index is 2.52. The quantitative estimate of drug-likeness (QED) is 0.579. The fourth-order valence-electron chi connectivity index (χ4n) is 1.96. The Morgan fingerprint density at radius 2 is 1.68 bits per heavy atom. The van der Waals surface area contributed by atoms with Crippen LogP contribution >= 0.6 is 23.2 Å². The van der Waals surface area contributed by atoms with Crippen LogP contribution in [0.25, 0.3) is 11.6 Å². The van der Waals surface area contributed by atoms with Gasteiger partial charge in [0.15, 0.2) is 0 Å². The number of rotatable bonds is 4. The summed E-state index contributed by atoms with van der Waals surface area (Å²) in [5.74, 6) is 1.09. The lowest BCUT2D eigenvalue weighted by molar-refractivity contribution is 0.394. The van der Waals surface area contributed by atoms with Gasteiger partial charge in [-0.15, -0.1) is 0 Å². The van der Waals surface area contributed by atoms with Crippen LogP contribution in [0.1, 0.15) is 11.1 Å². The van der Waals surface area contributed by atoms with Crippen molar-refractivity contribution in [1.82, 2.24) is 0 Å². The molecular weight excluding hydrogens is 321 g/mol. The average Bonchev–Trinajstić information content (AvgIpc) is 2.53. The minimum Gasteiger partial charge on any atom is -0.496 e. The molecule has 0 heterocycles. The molecule has 0 N–H and O–H groups in total. The van der Waals surface area contributed by atoms with Crippen molar-refractivity contribution in [2.75, 3.05) is 14.2 Å². The van der Waals surface area contributed by atoms with Crippen LogP contribution < -0.4 is 9.47 Å². The van der Waals surface area contributed by atoms with Gasteiger partial charge in [0.2, 0.25) is 0 Å². The van der Waals surface area contributed by atoms with Crippen LogP contribution in [0.3, 0.4) is 0 Å². The topological polar surface area (TPSA) is 42.2 Å². The lowest BCUT2D eigenvalue weighted by atomic mass is 10.0. The average molecular weight is 334 g/mol. The third-order valence-electron chi connectivity index (χ3n) is 3.08. The van der Waals surface area contributed by atoms with E-state index in [-0.39, 0.29) is 0 Å². The van der Waals surface area contributed by atoms with Crippen LogP contribution in [0.5, 0.6) is 11.5 Å². The Labute approximate surface area is 139 Å². The minimum atomic E-state index is 0.447. The van der Waals surface area contributed by atoms with Gasteiger partial charge >= 0.3 is 0 Å². The Bertz CT molecular complexity index is 746. The third-order valence-corrected chi connectivity index (χ3v) is 3.63. The van der Waals surface area contributed by atoms with E-state index in [0.717, 1.165) is 5.56 Å². The largest absolute Gasteiger partial charge is 0.496 e. The molecule has 3 nitrogen and oxygen atoms in total. The standard InChI is InChI=1S/C17H13Cl2NO2/c1-21-16-9-17(22-2)15(19)8-12(16)7-13(10-20)11-3-5-14(18)6-4-11/h3-9H,1-2H3/b13-7+. The second kappa shape index (κ2) is 7.22. The molecule has 0 fully saturated rings. The molecule has 0 atom stereocenters. The molecule has 0 aliphatic carbocycles. The van der Waals surface area contributed by atoms with Crippen LogP contribution in [-0.4, -0.2) is 14.2 Å². The number of nitrogens with zero attached hydrogens (tertiary/aromatic N) is 1. The highest BCUT2D eigenvalue weighted by atomic mass is 35.5. The first-order valence-electron chi connectivity index (χ1n) is 6.38. The molecule has 22 heavy (non-hydrogen) atoms. The number of benzene rings is 2. The van der Waals surface area contributed by atoms with Gasteiger partial charge in [0, 0.05) is 16.7 Å². The first-order chi connectivity index (χ1) is 10.6. The Kier molecular flexibility index (Phi) is 5.32. The molecule has 0 aliphatic heterocycles. The second-order valence-electron chi connectivity index (χ2n) is 4.41. The predicted molar refractivity (Wildman–Crippen MR) is 89.5 cm³/mol. The molecule has 0 spiro atoms. The molecule has 0 saturated carbocycles. The number of halogens is 2. The summed E-state index contributed by atoms with van der Waals surface area (Å²) in [6.07, 6.45) is 1.72. The highest BCUT2D eigenvalue weighted by Crippen LogP contribution is 2.34. The van der Waals surface area contributed by atoms with Gasteiger partial charge in [0.1, 0.15) is 11.5 Å². The van der Waals surface area contributed by atoms with Crippen molar-refractivity contribution in [2.24, 2.45) is 0 Å². The van der Waals surface area contributed by atoms with E-state index in [1.165, 1.54) is 7.11 Å². The van der Waals surface area contributed by atoms with E-state index in [0.29, 0.717) is 32.7 Å². The number of allylic oxidation sites excluding steroid dienone is 1. The first-order valence-corrected chi connectivity index (χ1v) is 7.14. The van der Waals surface area contributed by atoms with Crippen molar-refractivity contribution in [3.8, 4) is 17.6 Å². The van der Waals surface area contributed by atoms with Gasteiger partial charge < -0.3 is 9.47 Å². The molecule has 5 heteroatoms. The number of hydrogen-bond acceptors (Lipinski definition) is 3. The molecule has 2 aromatic rings. The third kappa shape index (κ3) is 3.54. The molecule has 0 radical (unpaired) electrons. The Morgan fingerprint density at radius 1 is 1.05 bits per heavy atom. The monoisotopic (exact) mass is 333 g/mol. The Morgan fingerprint density at radius 3 is 2.23 bits per heavy atom. The summed E-state index contributed by atoms with van der Waals surface area (Å²) in [4.78, 5) is 0. The zero-order valence-corrected chi connectivity index (χ0v) is 13.6. The van der Waals surface area contributed by atoms with Crippen molar-refractivity contribution >= 4 is 34.9 Å². The molecule has 2 aromatic carbocycles. The number of nitriles is 1. The molecular formula is C17H13Cl2NO2. The number of hydrogen-bond donors (Lipinski definition) is 0. The van der Waals surface area contributed by atoms with Crippen LogP contribution in [0.15, 0.2) is 36.4 Å². The molecule has 0 amide bonds. The van der Waals surface area contributed by atoms with Crippen LogP contribution in [0.4, 0.5) is 0 Å². The van der Waals surface area contributed by atoms with E-state index in [9.17, 15) is 5.26 Å². The van der Waals surface area contributed by atoms with Gasteiger partial charge in [-0.1, -0.05) is 35.3 Å². The summed E-state index contributed by atoms with van der Waals surface area (Å²) < 4.78 is 10.5. The Hall–Kier alpha value is -2.15. The fourth-order valence-corrected chi connectivity index (χ4v) is 2.34. The zero-order chi connectivity index (χ0) is 16.1. The maximum Gasteiger partial charge on any atom is 0.141 e. The van der Waals surface area contributed by atoms with E-state index in [1.54, 1.807) is 49.6 Å². The molecule has 0 bridgehead atoms. The van der Waals surface area contributed by atoms with Crippen LogP contribution in [0, 0.1) is 11.3 Å². The summed E-state index contributed by atoms with van der Waals surface area (Å²) in [5.41, 5.74) is 1.94. The van der Waals surface area contributed by atoms with Gasteiger partial charge in [-0.25, -0.2) is 0 Å².